The minimum Gasteiger partial charge on any atom is -0.508 e. The summed E-state index contributed by atoms with van der Waals surface area (Å²) in [5, 5.41) is 11.7. The Morgan fingerprint density at radius 1 is 1.31 bits per heavy atom. The Bertz CT molecular complexity index is 414. The number of likely N-dealkylation sites (tertiary alicyclic amines) is 1. The first-order valence-electron chi connectivity index (χ1n) is 5.02. The number of anilines is 1. The molecule has 0 aromatic heterocycles. The summed E-state index contributed by atoms with van der Waals surface area (Å²) >= 11 is 0. The molecule has 1 saturated heterocycles. The van der Waals surface area contributed by atoms with Gasteiger partial charge in [0.2, 0.25) is 0 Å². The summed E-state index contributed by atoms with van der Waals surface area (Å²) < 4.78 is 0. The van der Waals surface area contributed by atoms with Crippen LogP contribution in [0, 0.1) is 0 Å². The third kappa shape index (κ3) is 2.31. The summed E-state index contributed by atoms with van der Waals surface area (Å²) in [6.45, 7) is 0.659. The van der Waals surface area contributed by atoms with Crippen LogP contribution in [0.2, 0.25) is 0 Å². The number of hydrogen-bond acceptors (Lipinski definition) is 3. The van der Waals surface area contributed by atoms with Gasteiger partial charge >= 0.3 is 6.03 Å². The number of phenols is 1. The van der Waals surface area contributed by atoms with E-state index >= 15 is 0 Å². The van der Waals surface area contributed by atoms with Crippen molar-refractivity contribution in [1.82, 2.24) is 4.90 Å². The van der Waals surface area contributed by atoms with Gasteiger partial charge in [-0.1, -0.05) is 0 Å². The van der Waals surface area contributed by atoms with E-state index in [1.165, 1.54) is 17.0 Å². The number of Topliss-reactive ketones (excluding diaryl/α,β-unsaturated/α-hetero) is 1. The zero-order valence-electron chi connectivity index (χ0n) is 8.64. The molecule has 1 aliphatic heterocycles. The molecule has 0 saturated carbocycles. The Morgan fingerprint density at radius 2 is 2.00 bits per heavy atom. The lowest BCUT2D eigenvalue weighted by atomic mass is 10.3. The number of aromatic hydroxyl groups is 1. The van der Waals surface area contributed by atoms with Crippen LogP contribution >= 0.6 is 0 Å². The SMILES string of the molecule is O=C1CCN(C(=O)Nc2ccc(O)cc2)C1. The Morgan fingerprint density at radius 3 is 2.56 bits per heavy atom. The van der Waals surface area contributed by atoms with E-state index in [9.17, 15) is 9.59 Å². The number of hydrogen-bond donors (Lipinski definition) is 2. The van der Waals surface area contributed by atoms with Gasteiger partial charge in [-0.25, -0.2) is 4.79 Å². The zero-order chi connectivity index (χ0) is 11.5. The second-order valence-electron chi connectivity index (χ2n) is 3.69. The Kier molecular flexibility index (Phi) is 2.76. The van der Waals surface area contributed by atoms with Gasteiger partial charge in [-0.3, -0.25) is 4.79 Å². The standard InChI is InChI=1S/C11H12N2O3/c14-9-3-1-8(2-4-9)12-11(16)13-6-5-10(15)7-13/h1-4,14H,5-7H2,(H,12,16). The molecular weight excluding hydrogens is 208 g/mol. The molecule has 2 rings (SSSR count). The van der Waals surface area contributed by atoms with Gasteiger partial charge in [0.15, 0.2) is 5.78 Å². The normalized spacial score (nSPS) is 15.2. The number of benzene rings is 1. The average molecular weight is 220 g/mol. The number of urea groups is 1. The van der Waals surface area contributed by atoms with Crippen molar-refractivity contribution in [2.75, 3.05) is 18.4 Å². The highest BCUT2D eigenvalue weighted by molar-refractivity contribution is 5.95. The highest BCUT2D eigenvalue weighted by atomic mass is 16.3. The Hall–Kier alpha value is -2.04. The molecule has 0 unspecified atom stereocenters. The molecule has 1 fully saturated rings. The predicted molar refractivity (Wildman–Crippen MR) is 58.3 cm³/mol. The first-order chi connectivity index (χ1) is 7.65. The molecule has 84 valence electrons. The molecule has 16 heavy (non-hydrogen) atoms. The van der Waals surface area contributed by atoms with Crippen molar-refractivity contribution in [3.05, 3.63) is 24.3 Å². The van der Waals surface area contributed by atoms with Crippen LogP contribution in [-0.4, -0.2) is 34.9 Å². The van der Waals surface area contributed by atoms with Crippen molar-refractivity contribution >= 4 is 17.5 Å². The van der Waals surface area contributed by atoms with Gasteiger partial charge < -0.3 is 15.3 Å². The largest absolute Gasteiger partial charge is 0.508 e. The summed E-state index contributed by atoms with van der Waals surface area (Å²) in [6.07, 6.45) is 0.434. The van der Waals surface area contributed by atoms with E-state index in [0.717, 1.165) is 0 Å². The monoisotopic (exact) mass is 220 g/mol. The van der Waals surface area contributed by atoms with Gasteiger partial charge in [0.1, 0.15) is 5.75 Å². The fourth-order valence-electron chi connectivity index (χ4n) is 1.55. The van der Waals surface area contributed by atoms with Crippen molar-refractivity contribution in [2.24, 2.45) is 0 Å². The maximum Gasteiger partial charge on any atom is 0.322 e. The summed E-state index contributed by atoms with van der Waals surface area (Å²) in [4.78, 5) is 24.1. The van der Waals surface area contributed by atoms with Crippen LogP contribution in [0.5, 0.6) is 5.75 Å². The second kappa shape index (κ2) is 4.22. The highest BCUT2D eigenvalue weighted by Crippen LogP contribution is 2.15. The molecule has 0 radical (unpaired) electrons. The van der Waals surface area contributed by atoms with Gasteiger partial charge in [0.25, 0.3) is 0 Å². The van der Waals surface area contributed by atoms with Gasteiger partial charge in [0.05, 0.1) is 6.54 Å². The van der Waals surface area contributed by atoms with Crippen molar-refractivity contribution in [3.8, 4) is 5.75 Å². The maximum atomic E-state index is 11.6. The van der Waals surface area contributed by atoms with Crippen LogP contribution in [0.15, 0.2) is 24.3 Å². The number of nitrogens with zero attached hydrogens (tertiary/aromatic N) is 1. The number of ketones is 1. The number of rotatable bonds is 1. The average Bonchev–Trinajstić information content (AvgIpc) is 2.68. The van der Waals surface area contributed by atoms with Crippen LogP contribution in [0.3, 0.4) is 0 Å². The third-order valence-corrected chi connectivity index (χ3v) is 2.43. The van der Waals surface area contributed by atoms with Crippen LogP contribution in [0.25, 0.3) is 0 Å². The van der Waals surface area contributed by atoms with Crippen LogP contribution in [0.4, 0.5) is 10.5 Å². The minimum atomic E-state index is -0.281. The van der Waals surface area contributed by atoms with Crippen LogP contribution in [0.1, 0.15) is 6.42 Å². The fourth-order valence-corrected chi connectivity index (χ4v) is 1.55. The van der Waals surface area contributed by atoms with Gasteiger partial charge in [-0.2, -0.15) is 0 Å². The molecule has 5 nitrogen and oxygen atoms in total. The molecule has 1 aliphatic rings. The lowest BCUT2D eigenvalue weighted by molar-refractivity contribution is -0.116. The molecule has 5 heteroatoms. The molecule has 1 aromatic rings. The summed E-state index contributed by atoms with van der Waals surface area (Å²) in [6, 6.07) is 5.91. The first kappa shape index (κ1) is 10.5. The van der Waals surface area contributed by atoms with E-state index in [4.69, 9.17) is 5.11 Å². The summed E-state index contributed by atoms with van der Waals surface area (Å²) in [5.41, 5.74) is 0.599. The number of nitrogens with one attached hydrogen (secondary N) is 1. The summed E-state index contributed by atoms with van der Waals surface area (Å²) in [7, 11) is 0. The van der Waals surface area contributed by atoms with E-state index < -0.39 is 0 Å². The molecule has 2 N–H and O–H groups in total. The lowest BCUT2D eigenvalue weighted by Crippen LogP contribution is -2.32. The van der Waals surface area contributed by atoms with Crippen LogP contribution < -0.4 is 5.32 Å². The summed E-state index contributed by atoms with van der Waals surface area (Å²) in [5.74, 6) is 0.232. The van der Waals surface area contributed by atoms with Gasteiger partial charge in [0, 0.05) is 18.7 Å². The van der Waals surface area contributed by atoms with E-state index in [0.29, 0.717) is 18.7 Å². The van der Waals surface area contributed by atoms with E-state index in [2.05, 4.69) is 5.32 Å². The van der Waals surface area contributed by atoms with Crippen molar-refractivity contribution in [2.45, 2.75) is 6.42 Å². The van der Waals surface area contributed by atoms with Crippen molar-refractivity contribution < 1.29 is 14.7 Å². The molecule has 1 heterocycles. The fraction of sp³-hybridized carbons (Fsp3) is 0.273. The lowest BCUT2D eigenvalue weighted by Gasteiger charge is -2.15. The minimum absolute atomic E-state index is 0.0841. The molecular formula is C11H12N2O3. The molecule has 0 atom stereocenters. The Labute approximate surface area is 92.7 Å². The topological polar surface area (TPSA) is 69.6 Å². The maximum absolute atomic E-state index is 11.6. The quantitative estimate of drug-likeness (QED) is 0.698. The first-order valence-corrected chi connectivity index (χ1v) is 5.02. The highest BCUT2D eigenvalue weighted by Gasteiger charge is 2.23. The van der Waals surface area contributed by atoms with Crippen molar-refractivity contribution in [3.63, 3.8) is 0 Å². The predicted octanol–water partition coefficient (Wildman–Crippen LogP) is 1.20. The number of carbonyl (C=O) groups is 2. The smallest absolute Gasteiger partial charge is 0.322 e. The van der Waals surface area contributed by atoms with E-state index in [-0.39, 0.29) is 24.1 Å². The van der Waals surface area contributed by atoms with E-state index in [1.54, 1.807) is 12.1 Å². The number of amides is 2. The molecule has 0 spiro atoms. The van der Waals surface area contributed by atoms with E-state index in [1.807, 2.05) is 0 Å². The van der Waals surface area contributed by atoms with Crippen molar-refractivity contribution in [1.29, 1.82) is 0 Å². The molecule has 1 aromatic carbocycles. The van der Waals surface area contributed by atoms with Gasteiger partial charge in [-0.05, 0) is 24.3 Å². The van der Waals surface area contributed by atoms with Crippen LogP contribution in [-0.2, 0) is 4.79 Å². The number of phenolic OH excluding ortho intramolecular Hbond substituents is 1. The molecule has 0 aliphatic carbocycles. The number of carbonyl (C=O) groups excluding carboxylic acids is 2. The third-order valence-electron chi connectivity index (χ3n) is 2.43. The molecule has 2 amide bonds. The second-order valence-corrected chi connectivity index (χ2v) is 3.69. The van der Waals surface area contributed by atoms with Gasteiger partial charge in [-0.15, -0.1) is 0 Å². The zero-order valence-corrected chi connectivity index (χ0v) is 8.64. The Balaban J connectivity index is 1.97. The molecule has 0 bridgehead atoms.